The number of fused-ring (bicyclic) bond motifs is 3. The van der Waals surface area contributed by atoms with E-state index < -0.39 is 70.8 Å². The first-order valence-electron chi connectivity index (χ1n) is 27.9. The number of aromatic nitrogens is 3. The second kappa shape index (κ2) is 33.3. The number of rotatable bonds is 28. The number of benzene rings is 4. The van der Waals surface area contributed by atoms with Gasteiger partial charge in [0.25, 0.3) is 0 Å². The van der Waals surface area contributed by atoms with Gasteiger partial charge in [-0.25, -0.2) is 22.8 Å². The molecule has 7 rings (SSSR count). The number of carbonyl (C=O) groups excluding carboxylic acids is 5. The number of hydrogen-bond acceptors (Lipinski definition) is 9. The zero-order valence-electron chi connectivity index (χ0n) is 47.0. The fraction of sp³-hybridized carbons (Fsp3) is 0.435. The molecule has 3 atom stereocenters. The van der Waals surface area contributed by atoms with Crippen LogP contribution < -0.4 is 21.1 Å². The van der Waals surface area contributed by atoms with E-state index in [2.05, 4.69) is 43.9 Å². The first kappa shape index (κ1) is 64.3. The Bertz CT molecular complexity index is 3130. The molecule has 2 amide bonds. The van der Waals surface area contributed by atoms with Crippen LogP contribution >= 0.6 is 0 Å². The summed E-state index contributed by atoms with van der Waals surface area (Å²) in [5.41, 5.74) is 11.3. The predicted molar refractivity (Wildman–Crippen MR) is 304 cm³/mol. The maximum absolute atomic E-state index is 14.2. The smallest absolute Gasteiger partial charge is 0.334 e. The van der Waals surface area contributed by atoms with Crippen molar-refractivity contribution in [3.05, 3.63) is 137 Å². The summed E-state index contributed by atoms with van der Waals surface area (Å²) >= 11 is 0. The van der Waals surface area contributed by atoms with E-state index in [1.54, 1.807) is 29.9 Å². The van der Waals surface area contributed by atoms with Crippen LogP contribution in [0.3, 0.4) is 0 Å². The maximum Gasteiger partial charge on any atom is 0.334 e. The molecule has 0 spiro atoms. The number of aromatic amines is 2. The lowest BCUT2D eigenvalue weighted by atomic mass is 10.0. The van der Waals surface area contributed by atoms with Crippen LogP contribution in [-0.4, -0.2) is 76.6 Å². The van der Waals surface area contributed by atoms with Crippen molar-refractivity contribution in [2.75, 3.05) is 14.2 Å². The first-order chi connectivity index (χ1) is 39.0. The number of nitrogens with one attached hydrogen (secondary N) is 4. The number of hydrogen-bond donors (Lipinski definition) is 5. The molecule has 0 aliphatic carbocycles. The summed E-state index contributed by atoms with van der Waals surface area (Å²) in [6.07, 6.45) is 21.8. The topological polar surface area (TPSA) is 200 Å². The van der Waals surface area contributed by atoms with Crippen LogP contribution in [0.1, 0.15) is 133 Å². The minimum absolute atomic E-state index is 0.0844. The summed E-state index contributed by atoms with van der Waals surface area (Å²) in [6.45, 7) is 4.33. The average Bonchev–Trinajstić information content (AvgIpc) is 4.24. The first-order valence-corrected chi connectivity index (χ1v) is 27.9. The van der Waals surface area contributed by atoms with Gasteiger partial charge in [-0.15, -0.1) is 0 Å². The molecule has 4 aromatic carbocycles. The lowest BCUT2D eigenvalue weighted by Crippen LogP contribution is -2.44. The van der Waals surface area contributed by atoms with Crippen molar-refractivity contribution in [1.82, 2.24) is 25.2 Å². The van der Waals surface area contributed by atoms with E-state index in [-0.39, 0.29) is 24.7 Å². The molecule has 0 bridgehead atoms. The normalized spacial score (nSPS) is 12.2. The molecule has 0 radical (unpaired) electrons. The molecule has 3 aromatic heterocycles. The SMILES string of the molecule is CCCCCCCCCC(=O)NC(Cc1c[nH]c2ccccc12)C(=O)OC.CCCCCCCCCC(=O)NC(Cc1cn(C)c2ccccc12)C(=O)Oc1c(F)c(F)c(F)c(F)c1F.COC(=O)C(N)Cc1c[nH]c2ccccc12. The van der Waals surface area contributed by atoms with Crippen molar-refractivity contribution in [3.63, 3.8) is 0 Å². The molecule has 0 aliphatic heterocycles. The highest BCUT2D eigenvalue weighted by atomic mass is 19.2. The van der Waals surface area contributed by atoms with Gasteiger partial charge in [0.15, 0.2) is 0 Å². The number of ether oxygens (including phenoxy) is 3. The lowest BCUT2D eigenvalue weighted by Gasteiger charge is -2.18. The molecule has 3 heterocycles. The fourth-order valence-corrected chi connectivity index (χ4v) is 9.49. The van der Waals surface area contributed by atoms with Crippen molar-refractivity contribution >= 4 is 62.4 Å². The second-order valence-electron chi connectivity index (χ2n) is 20.1. The van der Waals surface area contributed by atoms with Crippen molar-refractivity contribution in [2.45, 2.75) is 154 Å². The van der Waals surface area contributed by atoms with Crippen LogP contribution in [0.5, 0.6) is 5.75 Å². The van der Waals surface area contributed by atoms with E-state index in [1.807, 2.05) is 73.1 Å². The third kappa shape index (κ3) is 19.0. The monoisotopic (exact) mass is 1130 g/mol. The van der Waals surface area contributed by atoms with Gasteiger partial charge in [-0.3, -0.25) is 14.4 Å². The number of halogens is 5. The number of H-pyrrole nitrogens is 2. The van der Waals surface area contributed by atoms with Gasteiger partial charge in [0.1, 0.15) is 18.1 Å². The van der Waals surface area contributed by atoms with Crippen molar-refractivity contribution < 1.29 is 60.1 Å². The Morgan fingerprint density at radius 3 is 1.42 bits per heavy atom. The molecule has 0 saturated carbocycles. The van der Waals surface area contributed by atoms with Crippen LogP contribution in [0.15, 0.2) is 91.4 Å². The fourth-order valence-electron chi connectivity index (χ4n) is 9.49. The number of methoxy groups -OCH3 is 2. The third-order valence-corrected chi connectivity index (χ3v) is 13.9. The Morgan fingerprint density at radius 1 is 0.519 bits per heavy atom. The van der Waals surface area contributed by atoms with Gasteiger partial charge in [0, 0.05) is 90.5 Å². The third-order valence-electron chi connectivity index (χ3n) is 13.9. The van der Waals surface area contributed by atoms with Crippen molar-refractivity contribution in [3.8, 4) is 5.75 Å². The van der Waals surface area contributed by atoms with E-state index in [1.165, 1.54) is 46.3 Å². The highest BCUT2D eigenvalue weighted by molar-refractivity contribution is 5.90. The number of aryl methyl sites for hydroxylation is 1. The predicted octanol–water partition coefficient (Wildman–Crippen LogP) is 12.4. The summed E-state index contributed by atoms with van der Waals surface area (Å²) < 4.78 is 85.0. The van der Waals surface area contributed by atoms with Gasteiger partial charge in [0.05, 0.1) is 14.2 Å². The minimum atomic E-state index is -2.37. The molecular weight excluding hydrogens is 1050 g/mol. The summed E-state index contributed by atoms with van der Waals surface area (Å²) in [7, 11) is 4.48. The van der Waals surface area contributed by atoms with Crippen LogP contribution in [0.2, 0.25) is 0 Å². The van der Waals surface area contributed by atoms with Gasteiger partial charge < -0.3 is 45.1 Å². The minimum Gasteiger partial charge on any atom is -0.468 e. The van der Waals surface area contributed by atoms with E-state index in [4.69, 9.17) is 10.5 Å². The molecule has 0 fully saturated rings. The molecule has 81 heavy (non-hydrogen) atoms. The van der Waals surface area contributed by atoms with E-state index in [0.717, 1.165) is 95.2 Å². The molecule has 6 N–H and O–H groups in total. The Kier molecular flexibility index (Phi) is 26.4. The maximum atomic E-state index is 14.2. The number of carbonyl (C=O) groups is 5. The van der Waals surface area contributed by atoms with Crippen LogP contribution in [0.4, 0.5) is 22.0 Å². The Labute approximate surface area is 470 Å². The summed E-state index contributed by atoms with van der Waals surface area (Å²) in [5, 5.41) is 8.31. The number of unbranched alkanes of at least 4 members (excludes halogenated alkanes) is 12. The van der Waals surface area contributed by atoms with Gasteiger partial charge >= 0.3 is 17.9 Å². The zero-order valence-corrected chi connectivity index (χ0v) is 47.0. The van der Waals surface area contributed by atoms with Crippen LogP contribution in [0, 0.1) is 29.1 Å². The molecule has 438 valence electrons. The number of amides is 2. The highest BCUT2D eigenvalue weighted by Crippen LogP contribution is 2.30. The quantitative estimate of drug-likeness (QED) is 0.00791. The van der Waals surface area contributed by atoms with Gasteiger partial charge in [-0.05, 0) is 47.7 Å². The van der Waals surface area contributed by atoms with Crippen LogP contribution in [0.25, 0.3) is 32.7 Å². The zero-order chi connectivity index (χ0) is 58.8. The van der Waals surface area contributed by atoms with Crippen molar-refractivity contribution in [2.24, 2.45) is 12.8 Å². The molecule has 3 unspecified atom stereocenters. The number of esters is 3. The molecule has 19 heteroatoms. The molecule has 7 aromatic rings. The Hall–Kier alpha value is -7.54. The Morgan fingerprint density at radius 2 is 0.926 bits per heavy atom. The average molecular weight is 1130 g/mol. The van der Waals surface area contributed by atoms with Crippen molar-refractivity contribution in [1.29, 1.82) is 0 Å². The lowest BCUT2D eigenvalue weighted by molar-refractivity contribution is -0.145. The van der Waals surface area contributed by atoms with Gasteiger partial charge in [0.2, 0.25) is 46.6 Å². The largest absolute Gasteiger partial charge is 0.468 e. The standard InChI is InChI=1S/C28H31F5N2O3.C22H32N2O3.C12H14N2O2/c1-3-4-5-6-7-8-9-14-21(36)34-19(15-17-16-35(2)20-13-11-10-12-18(17)20)28(37)38-27-25(32)23(30)22(29)24(31)26(27)33;1-3-4-5-6-7-8-9-14-21(25)24-20(22(26)27-2)15-17-16-23-19-13-11-10-12-18(17)19;1-16-12(15)10(13)6-8-7-14-11-5-3-2-4-9(8)11/h10-13,16,19H,3-9,14-15H2,1-2H3,(H,34,36);10-13,16,20,23H,3-9,14-15H2,1-2H3,(H,24,25);2-5,7,10,14H,6,13H2,1H3. The van der Waals surface area contributed by atoms with Gasteiger partial charge in [-0.2, -0.15) is 8.78 Å². The number of nitrogens with two attached hydrogens (primary N) is 1. The summed E-state index contributed by atoms with van der Waals surface area (Å²) in [4.78, 5) is 67.6. The Balaban J connectivity index is 0.000000242. The van der Waals surface area contributed by atoms with E-state index in [9.17, 15) is 45.9 Å². The van der Waals surface area contributed by atoms with E-state index in [0.29, 0.717) is 31.2 Å². The van der Waals surface area contributed by atoms with E-state index >= 15 is 0 Å². The number of para-hydroxylation sites is 3. The molecular formula is C62H77F5N6O8. The second-order valence-corrected chi connectivity index (χ2v) is 20.1. The molecule has 0 aliphatic rings. The van der Waals surface area contributed by atoms with Crippen LogP contribution in [-0.2, 0) is 59.8 Å². The highest BCUT2D eigenvalue weighted by Gasteiger charge is 2.32. The number of nitrogens with zero attached hydrogens (tertiary/aromatic N) is 1. The van der Waals surface area contributed by atoms with Gasteiger partial charge in [-0.1, -0.05) is 145 Å². The summed E-state index contributed by atoms with van der Waals surface area (Å²) in [6, 6.07) is 20.4. The molecule has 14 nitrogen and oxygen atoms in total. The molecule has 0 saturated heterocycles. The summed E-state index contributed by atoms with van der Waals surface area (Å²) in [5.74, 6) is -15.8.